The van der Waals surface area contributed by atoms with Gasteiger partial charge in [0.25, 0.3) is 0 Å². The Morgan fingerprint density at radius 2 is 2.11 bits per heavy atom. The Hall–Kier alpha value is -1.34. The second-order valence-corrected chi connectivity index (χ2v) is 8.08. The molecule has 28 heavy (non-hydrogen) atoms. The number of amides is 2. The third-order valence-corrected chi connectivity index (χ3v) is 5.61. The average molecular weight is 429 g/mol. The largest absolute Gasteiger partial charge is 0.354 e. The van der Waals surface area contributed by atoms with Gasteiger partial charge in [-0.15, -0.1) is 12.4 Å². The summed E-state index contributed by atoms with van der Waals surface area (Å²) in [5.74, 6) is 0.495. The number of carbonyl (C=O) groups excluding carboxylic acids is 2. The zero-order valence-electron chi connectivity index (χ0n) is 16.3. The van der Waals surface area contributed by atoms with Gasteiger partial charge in [0, 0.05) is 23.8 Å². The number of hydrogen-bond donors (Lipinski definition) is 3. The standard InChI is InChI=1S/C20H29ClN4O2.ClH/c1-14-10-16(21)6-7-17(14)24-19(26)13-25-9-3-4-15(12-25)11-23-20(27)18-5-2-8-22-18;/h6-7,10,15,18,22H,2-5,8-9,11-13H2,1H3,(H,23,27)(H,24,26);1H. The van der Waals surface area contributed by atoms with E-state index >= 15 is 0 Å². The number of piperidine rings is 1. The van der Waals surface area contributed by atoms with Crippen LogP contribution in [0.25, 0.3) is 0 Å². The van der Waals surface area contributed by atoms with Gasteiger partial charge in [-0.2, -0.15) is 0 Å². The maximum absolute atomic E-state index is 12.4. The van der Waals surface area contributed by atoms with E-state index in [0.29, 0.717) is 24.0 Å². The summed E-state index contributed by atoms with van der Waals surface area (Å²) in [4.78, 5) is 26.7. The molecule has 2 amide bonds. The Morgan fingerprint density at radius 3 is 2.82 bits per heavy atom. The van der Waals surface area contributed by atoms with Gasteiger partial charge >= 0.3 is 0 Å². The summed E-state index contributed by atoms with van der Waals surface area (Å²) in [5.41, 5.74) is 1.75. The summed E-state index contributed by atoms with van der Waals surface area (Å²) < 4.78 is 0. The molecule has 0 aromatic heterocycles. The van der Waals surface area contributed by atoms with Gasteiger partial charge in [-0.3, -0.25) is 14.5 Å². The summed E-state index contributed by atoms with van der Waals surface area (Å²) in [6.07, 6.45) is 4.13. The third-order valence-electron chi connectivity index (χ3n) is 5.37. The fourth-order valence-electron chi connectivity index (χ4n) is 3.90. The van der Waals surface area contributed by atoms with Gasteiger partial charge in [0.15, 0.2) is 0 Å². The van der Waals surface area contributed by atoms with Crippen LogP contribution in [0.15, 0.2) is 18.2 Å². The number of hydrogen-bond acceptors (Lipinski definition) is 4. The number of likely N-dealkylation sites (tertiary alicyclic amines) is 1. The minimum absolute atomic E-state index is 0. The molecule has 2 fully saturated rings. The highest BCUT2D eigenvalue weighted by Crippen LogP contribution is 2.20. The first-order chi connectivity index (χ1) is 13.0. The Labute approximate surface area is 178 Å². The molecule has 8 heteroatoms. The summed E-state index contributed by atoms with van der Waals surface area (Å²) >= 11 is 5.96. The van der Waals surface area contributed by atoms with Gasteiger partial charge in [0.05, 0.1) is 12.6 Å². The van der Waals surface area contributed by atoms with Crippen LogP contribution in [0.1, 0.15) is 31.2 Å². The van der Waals surface area contributed by atoms with Crippen molar-refractivity contribution >= 4 is 41.5 Å². The van der Waals surface area contributed by atoms with Crippen molar-refractivity contribution in [1.82, 2.24) is 15.5 Å². The molecule has 0 radical (unpaired) electrons. The molecular formula is C20H30Cl2N4O2. The highest BCUT2D eigenvalue weighted by atomic mass is 35.5. The number of nitrogens with zero attached hydrogens (tertiary/aromatic N) is 1. The summed E-state index contributed by atoms with van der Waals surface area (Å²) in [6.45, 7) is 5.67. The molecule has 0 bridgehead atoms. The van der Waals surface area contributed by atoms with Gasteiger partial charge in [-0.05, 0) is 75.4 Å². The number of nitrogens with one attached hydrogen (secondary N) is 3. The molecule has 2 aliphatic rings. The van der Waals surface area contributed by atoms with E-state index < -0.39 is 0 Å². The van der Waals surface area contributed by atoms with Gasteiger partial charge in [0.1, 0.15) is 0 Å². The van der Waals surface area contributed by atoms with Gasteiger partial charge < -0.3 is 16.0 Å². The van der Waals surface area contributed by atoms with Crippen LogP contribution >= 0.6 is 24.0 Å². The maximum Gasteiger partial charge on any atom is 0.238 e. The van der Waals surface area contributed by atoms with Crippen LogP contribution < -0.4 is 16.0 Å². The normalized spacial score (nSPS) is 22.4. The first-order valence-electron chi connectivity index (χ1n) is 9.80. The SMILES string of the molecule is Cc1cc(Cl)ccc1NC(=O)CN1CCCC(CNC(=O)C2CCCN2)C1.Cl. The van der Waals surface area contributed by atoms with E-state index in [4.69, 9.17) is 11.6 Å². The third kappa shape index (κ3) is 6.62. The number of rotatable bonds is 6. The molecule has 2 aliphatic heterocycles. The summed E-state index contributed by atoms with van der Waals surface area (Å²) in [6, 6.07) is 5.43. The molecule has 0 saturated carbocycles. The van der Waals surface area contributed by atoms with Crippen LogP contribution in [0.3, 0.4) is 0 Å². The molecule has 0 spiro atoms. The van der Waals surface area contributed by atoms with Crippen LogP contribution in [0.5, 0.6) is 0 Å². The topological polar surface area (TPSA) is 73.5 Å². The predicted molar refractivity (Wildman–Crippen MR) is 115 cm³/mol. The van der Waals surface area contributed by atoms with E-state index in [-0.39, 0.29) is 30.3 Å². The quantitative estimate of drug-likeness (QED) is 0.650. The lowest BCUT2D eigenvalue weighted by molar-refractivity contribution is -0.123. The lowest BCUT2D eigenvalue weighted by Crippen LogP contribution is -2.46. The van der Waals surface area contributed by atoms with Crippen LogP contribution in [-0.2, 0) is 9.59 Å². The molecule has 2 heterocycles. The second kappa shape index (κ2) is 11.0. The molecule has 1 aromatic rings. The second-order valence-electron chi connectivity index (χ2n) is 7.64. The van der Waals surface area contributed by atoms with E-state index in [1.165, 1.54) is 0 Å². The summed E-state index contributed by atoms with van der Waals surface area (Å²) in [7, 11) is 0. The number of benzene rings is 1. The van der Waals surface area contributed by atoms with Crippen molar-refractivity contribution in [3.8, 4) is 0 Å². The molecule has 2 saturated heterocycles. The molecule has 3 N–H and O–H groups in total. The highest BCUT2D eigenvalue weighted by Gasteiger charge is 2.25. The highest BCUT2D eigenvalue weighted by molar-refractivity contribution is 6.30. The minimum Gasteiger partial charge on any atom is -0.354 e. The van der Waals surface area contributed by atoms with Crippen molar-refractivity contribution in [2.24, 2.45) is 5.92 Å². The van der Waals surface area contributed by atoms with Gasteiger partial charge in [0.2, 0.25) is 11.8 Å². The van der Waals surface area contributed by atoms with Crippen molar-refractivity contribution in [1.29, 1.82) is 0 Å². The first kappa shape index (κ1) is 22.9. The first-order valence-corrected chi connectivity index (χ1v) is 10.2. The number of anilines is 1. The molecule has 0 aliphatic carbocycles. The number of carbonyl (C=O) groups is 2. The fraction of sp³-hybridized carbons (Fsp3) is 0.600. The Morgan fingerprint density at radius 1 is 1.29 bits per heavy atom. The zero-order chi connectivity index (χ0) is 19.2. The summed E-state index contributed by atoms with van der Waals surface area (Å²) in [5, 5.41) is 9.94. The predicted octanol–water partition coefficient (Wildman–Crippen LogP) is 2.59. The Balaban J connectivity index is 0.00000280. The van der Waals surface area contributed by atoms with Gasteiger partial charge in [-0.1, -0.05) is 11.6 Å². The van der Waals surface area contributed by atoms with Crippen LogP contribution in [0.2, 0.25) is 5.02 Å². The maximum atomic E-state index is 12.4. The molecular weight excluding hydrogens is 399 g/mol. The van der Waals surface area contributed by atoms with Crippen LogP contribution in [0.4, 0.5) is 5.69 Å². The van der Waals surface area contributed by atoms with Crippen molar-refractivity contribution in [2.45, 2.75) is 38.6 Å². The van der Waals surface area contributed by atoms with Crippen molar-refractivity contribution in [2.75, 3.05) is 38.0 Å². The average Bonchev–Trinajstić information content (AvgIpc) is 3.17. The molecule has 3 rings (SSSR count). The Kier molecular flexibility index (Phi) is 9.02. The van der Waals surface area contributed by atoms with Crippen LogP contribution in [0, 0.1) is 12.8 Å². The van der Waals surface area contributed by atoms with Crippen molar-refractivity contribution < 1.29 is 9.59 Å². The van der Waals surface area contributed by atoms with E-state index in [1.54, 1.807) is 6.07 Å². The lowest BCUT2D eigenvalue weighted by Gasteiger charge is -2.32. The Bertz CT molecular complexity index is 680. The van der Waals surface area contributed by atoms with Crippen molar-refractivity contribution in [3.63, 3.8) is 0 Å². The smallest absolute Gasteiger partial charge is 0.238 e. The number of halogens is 2. The van der Waals surface area contributed by atoms with E-state index in [0.717, 1.165) is 56.6 Å². The van der Waals surface area contributed by atoms with E-state index in [9.17, 15) is 9.59 Å². The zero-order valence-corrected chi connectivity index (χ0v) is 17.9. The lowest BCUT2D eigenvalue weighted by atomic mass is 9.98. The molecule has 2 atom stereocenters. The molecule has 156 valence electrons. The molecule has 6 nitrogen and oxygen atoms in total. The van der Waals surface area contributed by atoms with Crippen molar-refractivity contribution in [3.05, 3.63) is 28.8 Å². The molecule has 2 unspecified atom stereocenters. The monoisotopic (exact) mass is 428 g/mol. The van der Waals surface area contributed by atoms with E-state index in [2.05, 4.69) is 20.9 Å². The molecule has 1 aromatic carbocycles. The van der Waals surface area contributed by atoms with E-state index in [1.807, 2.05) is 19.1 Å². The van der Waals surface area contributed by atoms with Crippen LogP contribution in [-0.4, -0.2) is 55.5 Å². The minimum atomic E-state index is -0.0295. The fourth-order valence-corrected chi connectivity index (χ4v) is 4.12. The number of aryl methyl sites for hydroxylation is 1. The van der Waals surface area contributed by atoms with Gasteiger partial charge in [-0.25, -0.2) is 0 Å².